The molecule has 2 fully saturated rings. The molecule has 18 nitrogen and oxygen atoms in total. The van der Waals surface area contributed by atoms with Gasteiger partial charge >= 0.3 is 0 Å². The summed E-state index contributed by atoms with van der Waals surface area (Å²) in [6.45, 7) is 11.0. The highest BCUT2D eigenvalue weighted by Crippen LogP contribution is 2.30. The molecule has 0 amide bonds. The van der Waals surface area contributed by atoms with Crippen LogP contribution in [0.4, 0.5) is 0 Å². The number of ether oxygens (including phenoxy) is 6. The topological polar surface area (TPSA) is 181 Å². The highest BCUT2D eigenvalue weighted by molar-refractivity contribution is 5.77. The summed E-state index contributed by atoms with van der Waals surface area (Å²) in [5, 5.41) is 7.28. The number of aromatic nitrogens is 6. The average molecular weight is 931 g/mol. The molecule has 2 N–H and O–H groups in total. The molecule has 18 heteroatoms. The maximum atomic E-state index is 12.5. The van der Waals surface area contributed by atoms with Crippen molar-refractivity contribution in [1.29, 1.82) is 0 Å². The summed E-state index contributed by atoms with van der Waals surface area (Å²) in [7, 11) is 3.26. The van der Waals surface area contributed by atoms with Crippen molar-refractivity contribution in [3.05, 3.63) is 105 Å². The Hall–Kier alpha value is -6.34. The second-order valence-corrected chi connectivity index (χ2v) is 17.5. The molecule has 0 bridgehead atoms. The molecule has 4 aliphatic heterocycles. The van der Waals surface area contributed by atoms with E-state index in [-0.39, 0.29) is 11.1 Å². The molecule has 0 spiro atoms. The summed E-state index contributed by atoms with van der Waals surface area (Å²) >= 11 is 0. The van der Waals surface area contributed by atoms with Crippen LogP contribution in [0.5, 0.6) is 34.5 Å². The van der Waals surface area contributed by atoms with E-state index in [9.17, 15) is 9.59 Å². The number of likely N-dealkylation sites (tertiary alicyclic amines) is 2. The van der Waals surface area contributed by atoms with Gasteiger partial charge in [0.2, 0.25) is 0 Å². The molecular weight excluding hydrogens is 869 g/mol. The molecule has 4 aliphatic rings. The van der Waals surface area contributed by atoms with Crippen molar-refractivity contribution in [2.24, 2.45) is 0 Å². The normalized spacial score (nSPS) is 17.0. The van der Waals surface area contributed by atoms with Crippen molar-refractivity contribution in [3.8, 4) is 34.5 Å². The summed E-state index contributed by atoms with van der Waals surface area (Å²) in [5.41, 5.74) is 4.98. The summed E-state index contributed by atoms with van der Waals surface area (Å²) < 4.78 is 37.1. The van der Waals surface area contributed by atoms with Crippen LogP contribution in [0, 0.1) is 0 Å². The molecule has 0 saturated carbocycles. The Labute approximate surface area is 395 Å². The van der Waals surface area contributed by atoms with Gasteiger partial charge in [0.1, 0.15) is 11.5 Å². The van der Waals surface area contributed by atoms with Gasteiger partial charge in [-0.15, -0.1) is 0 Å². The van der Waals surface area contributed by atoms with E-state index in [0.29, 0.717) is 64.7 Å². The second-order valence-electron chi connectivity index (χ2n) is 17.5. The number of pyridine rings is 2. The van der Waals surface area contributed by atoms with Crippen molar-refractivity contribution in [3.63, 3.8) is 0 Å². The van der Waals surface area contributed by atoms with Crippen LogP contribution in [-0.4, -0.2) is 131 Å². The van der Waals surface area contributed by atoms with E-state index >= 15 is 0 Å². The van der Waals surface area contributed by atoms with Crippen molar-refractivity contribution < 1.29 is 28.4 Å². The summed E-state index contributed by atoms with van der Waals surface area (Å²) in [6.07, 6.45) is 12.4. The molecule has 2 aromatic carbocycles. The van der Waals surface area contributed by atoms with Crippen LogP contribution in [0.2, 0.25) is 0 Å². The molecule has 0 radical (unpaired) electrons. The van der Waals surface area contributed by atoms with Crippen LogP contribution >= 0.6 is 0 Å². The highest BCUT2D eigenvalue weighted by atomic mass is 16.5. The van der Waals surface area contributed by atoms with Crippen molar-refractivity contribution in [2.45, 2.75) is 76.8 Å². The molecule has 4 aromatic heterocycles. The number of benzene rings is 2. The Morgan fingerprint density at radius 3 is 1.35 bits per heavy atom. The maximum Gasteiger partial charge on any atom is 0.269 e. The number of rotatable bonds is 14. The van der Waals surface area contributed by atoms with Crippen LogP contribution in [-0.2, 0) is 26.2 Å². The lowest BCUT2D eigenvalue weighted by Crippen LogP contribution is -2.43. The standard InChI is InChI=1S/2C25H31N5O4/c2*1-32-20-3-4-21-22(14-20)30(25(31)17-28-21)10-9-29-7-5-18(6-8-29)26-15-19-13-23-24(16-27-19)34-12-2-11-33-23/h2*3-4,13-14,16-18,26H,2,5-12,15H2,1H3. The van der Waals surface area contributed by atoms with Crippen molar-refractivity contribution in [1.82, 2.24) is 49.5 Å². The minimum atomic E-state index is -0.0834. The van der Waals surface area contributed by atoms with Gasteiger partial charge in [-0.1, -0.05) is 0 Å². The van der Waals surface area contributed by atoms with Crippen molar-refractivity contribution in [2.75, 3.05) is 79.9 Å². The first-order chi connectivity index (χ1) is 33.4. The summed E-state index contributed by atoms with van der Waals surface area (Å²) in [4.78, 5) is 47.4. The first-order valence-electron chi connectivity index (χ1n) is 23.9. The van der Waals surface area contributed by atoms with Gasteiger partial charge < -0.3 is 58.0 Å². The zero-order valence-corrected chi connectivity index (χ0v) is 39.1. The van der Waals surface area contributed by atoms with Crippen molar-refractivity contribution >= 4 is 22.1 Å². The molecule has 0 atom stereocenters. The lowest BCUT2D eigenvalue weighted by Gasteiger charge is -2.32. The monoisotopic (exact) mass is 930 g/mol. The fourth-order valence-electron chi connectivity index (χ4n) is 9.11. The van der Waals surface area contributed by atoms with E-state index in [1.54, 1.807) is 35.7 Å². The lowest BCUT2D eigenvalue weighted by molar-refractivity contribution is 0.191. The van der Waals surface area contributed by atoms with Gasteiger partial charge in [0.05, 0.1) is 98.9 Å². The Bertz CT molecular complexity index is 2570. The fraction of sp³-hybridized carbons (Fsp3) is 0.480. The molecule has 10 rings (SSSR count). The Morgan fingerprint density at radius 1 is 0.529 bits per heavy atom. The Balaban J connectivity index is 0.000000170. The number of fused-ring (bicyclic) bond motifs is 4. The Kier molecular flexibility index (Phi) is 15.6. The predicted octanol–water partition coefficient (Wildman–Crippen LogP) is 4.43. The summed E-state index contributed by atoms with van der Waals surface area (Å²) in [5.74, 6) is 4.49. The first kappa shape index (κ1) is 46.8. The van der Waals surface area contributed by atoms with Gasteiger partial charge in [0.15, 0.2) is 23.0 Å². The van der Waals surface area contributed by atoms with Gasteiger partial charge in [-0.05, 0) is 76.1 Å². The number of piperidine rings is 2. The molecule has 0 unspecified atom stereocenters. The van der Waals surface area contributed by atoms with E-state index in [4.69, 9.17) is 28.4 Å². The average Bonchev–Trinajstić information content (AvgIpc) is 3.78. The smallest absolute Gasteiger partial charge is 0.269 e. The highest BCUT2D eigenvalue weighted by Gasteiger charge is 2.22. The first-order valence-corrected chi connectivity index (χ1v) is 23.9. The molecule has 68 heavy (non-hydrogen) atoms. The van der Waals surface area contributed by atoms with Crippen LogP contribution in [0.15, 0.2) is 82.9 Å². The largest absolute Gasteiger partial charge is 0.497 e. The van der Waals surface area contributed by atoms with E-state index in [1.165, 1.54) is 12.4 Å². The van der Waals surface area contributed by atoms with Gasteiger partial charge in [-0.2, -0.15) is 0 Å². The van der Waals surface area contributed by atoms with E-state index in [0.717, 1.165) is 146 Å². The number of methoxy groups -OCH3 is 2. The predicted molar refractivity (Wildman–Crippen MR) is 257 cm³/mol. The zero-order valence-electron chi connectivity index (χ0n) is 39.1. The molecule has 0 aliphatic carbocycles. The zero-order chi connectivity index (χ0) is 46.7. The third kappa shape index (κ3) is 11.8. The molecule has 6 aromatic rings. The third-order valence-corrected chi connectivity index (χ3v) is 13.1. The van der Waals surface area contributed by atoms with E-state index in [2.05, 4.69) is 40.4 Å². The van der Waals surface area contributed by atoms with E-state index < -0.39 is 0 Å². The van der Waals surface area contributed by atoms with Crippen LogP contribution in [0.25, 0.3) is 22.1 Å². The molecule has 2 saturated heterocycles. The van der Waals surface area contributed by atoms with Gasteiger partial charge in [-0.25, -0.2) is 9.97 Å². The maximum absolute atomic E-state index is 12.5. The van der Waals surface area contributed by atoms with Gasteiger partial charge in [-0.3, -0.25) is 19.6 Å². The SMILES string of the molecule is COc1ccc2ncc(=O)n(CCN3CCC(NCc4cc5c(cn4)OCCCO5)CC3)c2c1.COc1ccc2ncc(=O)n(CCN3CCC(NCc4cc5c(cn4)OCCCO5)CC3)c2c1. The number of nitrogens with one attached hydrogen (secondary N) is 2. The Morgan fingerprint density at radius 2 is 0.941 bits per heavy atom. The van der Waals surface area contributed by atoms with Crippen LogP contribution < -0.4 is 50.2 Å². The molecule has 8 heterocycles. The summed E-state index contributed by atoms with van der Waals surface area (Å²) in [6, 6.07) is 16.1. The van der Waals surface area contributed by atoms with Gasteiger partial charge in [0.25, 0.3) is 11.1 Å². The number of hydrogen-bond donors (Lipinski definition) is 2. The van der Waals surface area contributed by atoms with E-state index in [1.807, 2.05) is 48.5 Å². The van der Waals surface area contributed by atoms with Gasteiger partial charge in [0, 0.05) is 88.5 Å². The third-order valence-electron chi connectivity index (χ3n) is 13.1. The molecular formula is C50H62N10O8. The number of hydrogen-bond acceptors (Lipinski definition) is 16. The lowest BCUT2D eigenvalue weighted by atomic mass is 10.0. The fourth-order valence-corrected chi connectivity index (χ4v) is 9.11. The minimum Gasteiger partial charge on any atom is -0.497 e. The number of nitrogens with zero attached hydrogens (tertiary/aromatic N) is 8. The van der Waals surface area contributed by atoms with Crippen LogP contribution in [0.1, 0.15) is 49.9 Å². The minimum absolute atomic E-state index is 0.0834. The second kappa shape index (κ2) is 22.6. The van der Waals surface area contributed by atoms with Crippen LogP contribution in [0.3, 0.4) is 0 Å². The quantitative estimate of drug-likeness (QED) is 0.156. The molecule has 360 valence electrons.